The number of rotatable bonds is 10. The topological polar surface area (TPSA) is 49.4 Å². The van der Waals surface area contributed by atoms with Gasteiger partial charge in [0, 0.05) is 24.3 Å². The summed E-state index contributed by atoms with van der Waals surface area (Å²) in [5.41, 5.74) is 2.60. The average Bonchev–Trinajstić information content (AvgIpc) is 2.69. The number of nitrogens with one attached hydrogen (secondary N) is 1. The van der Waals surface area contributed by atoms with E-state index < -0.39 is 0 Å². The van der Waals surface area contributed by atoms with E-state index in [1.54, 1.807) is 34.9 Å². The van der Waals surface area contributed by atoms with Crippen LogP contribution in [0.3, 0.4) is 0 Å². The molecule has 4 nitrogen and oxygen atoms in total. The van der Waals surface area contributed by atoms with Gasteiger partial charge in [0.25, 0.3) is 5.91 Å². The predicted molar refractivity (Wildman–Crippen MR) is 114 cm³/mol. The van der Waals surface area contributed by atoms with Crippen LogP contribution in [0.1, 0.15) is 36.2 Å². The second kappa shape index (κ2) is 11.4. The Kier molecular flexibility index (Phi) is 8.92. The Morgan fingerprint density at radius 3 is 2.44 bits per heavy atom. The van der Waals surface area contributed by atoms with Crippen molar-refractivity contribution in [2.24, 2.45) is 0 Å². The second-order valence-corrected chi connectivity index (χ2v) is 7.35. The molecule has 0 fully saturated rings. The van der Waals surface area contributed by atoms with Gasteiger partial charge in [0.05, 0.1) is 5.75 Å². The first-order valence-corrected chi connectivity index (χ1v) is 10.6. The maximum absolute atomic E-state index is 12.4. The van der Waals surface area contributed by atoms with Gasteiger partial charge in [-0.25, -0.2) is 0 Å². The summed E-state index contributed by atoms with van der Waals surface area (Å²) in [5.74, 6) is 1.32. The predicted octanol–water partition coefficient (Wildman–Crippen LogP) is 4.47. The normalized spacial score (nSPS) is 10.4. The van der Waals surface area contributed by atoms with Crippen molar-refractivity contribution < 1.29 is 9.59 Å². The molecule has 0 atom stereocenters. The lowest BCUT2D eigenvalue weighted by Crippen LogP contribution is -2.30. The van der Waals surface area contributed by atoms with E-state index in [1.807, 2.05) is 26.0 Å². The zero-order valence-corrected chi connectivity index (χ0v) is 16.9. The van der Waals surface area contributed by atoms with Gasteiger partial charge >= 0.3 is 0 Å². The van der Waals surface area contributed by atoms with Crippen LogP contribution in [0.2, 0.25) is 0 Å². The highest BCUT2D eigenvalue weighted by Crippen LogP contribution is 2.14. The van der Waals surface area contributed by atoms with Gasteiger partial charge in [-0.05, 0) is 56.2 Å². The highest BCUT2D eigenvalue weighted by molar-refractivity contribution is 7.99. The highest BCUT2D eigenvalue weighted by Gasteiger charge is 2.13. The van der Waals surface area contributed by atoms with Crippen molar-refractivity contribution in [2.75, 3.05) is 29.9 Å². The number of benzene rings is 2. The Balaban J connectivity index is 1.75. The minimum Gasteiger partial charge on any atom is -0.339 e. The van der Waals surface area contributed by atoms with Crippen LogP contribution < -0.4 is 5.32 Å². The number of nitrogens with zero attached hydrogens (tertiary/aromatic N) is 1. The molecule has 5 heteroatoms. The highest BCUT2D eigenvalue weighted by atomic mass is 32.2. The number of aryl methyl sites for hydroxylation is 1. The molecule has 0 bridgehead atoms. The Morgan fingerprint density at radius 1 is 1.00 bits per heavy atom. The molecule has 0 heterocycles. The second-order valence-electron chi connectivity index (χ2n) is 6.25. The summed E-state index contributed by atoms with van der Waals surface area (Å²) in [6, 6.07) is 17.5. The van der Waals surface area contributed by atoms with Gasteiger partial charge in [-0.3, -0.25) is 9.59 Å². The summed E-state index contributed by atoms with van der Waals surface area (Å²) in [4.78, 5) is 26.3. The Bertz CT molecular complexity index is 730. The largest absolute Gasteiger partial charge is 0.339 e. The first-order valence-electron chi connectivity index (χ1n) is 9.45. The van der Waals surface area contributed by atoms with Crippen LogP contribution in [0.4, 0.5) is 5.69 Å². The molecular weight excluding hydrogens is 356 g/mol. The van der Waals surface area contributed by atoms with Gasteiger partial charge in [0.1, 0.15) is 0 Å². The van der Waals surface area contributed by atoms with E-state index in [0.29, 0.717) is 30.1 Å². The van der Waals surface area contributed by atoms with Crippen LogP contribution in [0.15, 0.2) is 54.6 Å². The molecule has 2 amide bonds. The first kappa shape index (κ1) is 21.0. The molecule has 0 saturated heterocycles. The summed E-state index contributed by atoms with van der Waals surface area (Å²) in [7, 11) is 0. The SMILES string of the molecule is CCN(CC)C(=O)c1cccc(NC(=O)CSCCCc2ccccc2)c1. The van der Waals surface area contributed by atoms with Crippen molar-refractivity contribution in [3.8, 4) is 0 Å². The van der Waals surface area contributed by atoms with Crippen LogP contribution in [0, 0.1) is 0 Å². The monoisotopic (exact) mass is 384 g/mol. The fraction of sp³-hybridized carbons (Fsp3) is 0.364. The van der Waals surface area contributed by atoms with Gasteiger partial charge in [-0.1, -0.05) is 36.4 Å². The molecular formula is C22H28N2O2S. The molecule has 0 aliphatic heterocycles. The maximum atomic E-state index is 12.4. The van der Waals surface area contributed by atoms with Crippen molar-refractivity contribution in [3.05, 3.63) is 65.7 Å². The molecule has 0 spiro atoms. The van der Waals surface area contributed by atoms with Crippen molar-refractivity contribution in [3.63, 3.8) is 0 Å². The number of hydrogen-bond acceptors (Lipinski definition) is 3. The van der Waals surface area contributed by atoms with E-state index in [-0.39, 0.29) is 11.8 Å². The van der Waals surface area contributed by atoms with Gasteiger partial charge in [-0.2, -0.15) is 11.8 Å². The van der Waals surface area contributed by atoms with E-state index >= 15 is 0 Å². The quantitative estimate of drug-likeness (QED) is 0.615. The molecule has 2 rings (SSSR count). The number of anilines is 1. The van der Waals surface area contributed by atoms with E-state index in [4.69, 9.17) is 0 Å². The molecule has 2 aromatic carbocycles. The first-order chi connectivity index (χ1) is 13.1. The molecule has 27 heavy (non-hydrogen) atoms. The molecule has 0 unspecified atom stereocenters. The van der Waals surface area contributed by atoms with Crippen molar-refractivity contribution in [1.82, 2.24) is 4.90 Å². The molecule has 144 valence electrons. The van der Waals surface area contributed by atoms with Crippen molar-refractivity contribution in [1.29, 1.82) is 0 Å². The van der Waals surface area contributed by atoms with Gasteiger partial charge in [-0.15, -0.1) is 0 Å². The van der Waals surface area contributed by atoms with Gasteiger partial charge in [0.2, 0.25) is 5.91 Å². The van der Waals surface area contributed by atoms with Crippen LogP contribution in [0.25, 0.3) is 0 Å². The van der Waals surface area contributed by atoms with Gasteiger partial charge < -0.3 is 10.2 Å². The molecule has 0 saturated carbocycles. The zero-order chi connectivity index (χ0) is 19.5. The third-order valence-electron chi connectivity index (χ3n) is 4.27. The lowest BCUT2D eigenvalue weighted by molar-refractivity contribution is -0.113. The van der Waals surface area contributed by atoms with Crippen LogP contribution in [-0.2, 0) is 11.2 Å². The Hall–Kier alpha value is -2.27. The average molecular weight is 385 g/mol. The smallest absolute Gasteiger partial charge is 0.253 e. The summed E-state index contributed by atoms with van der Waals surface area (Å²) >= 11 is 1.64. The fourth-order valence-electron chi connectivity index (χ4n) is 2.81. The Morgan fingerprint density at radius 2 is 1.74 bits per heavy atom. The number of thioether (sulfide) groups is 1. The maximum Gasteiger partial charge on any atom is 0.253 e. The Labute approximate surface area is 166 Å². The lowest BCUT2D eigenvalue weighted by Gasteiger charge is -2.19. The molecule has 0 aliphatic rings. The molecule has 2 aromatic rings. The minimum absolute atomic E-state index is 0.00798. The van der Waals surface area contributed by atoms with Crippen molar-refractivity contribution >= 4 is 29.3 Å². The number of amides is 2. The summed E-state index contributed by atoms with van der Waals surface area (Å²) < 4.78 is 0. The van der Waals surface area contributed by atoms with Crippen LogP contribution in [0.5, 0.6) is 0 Å². The fourth-order valence-corrected chi connectivity index (χ4v) is 3.56. The number of hydrogen-bond donors (Lipinski definition) is 1. The van der Waals surface area contributed by atoms with E-state index in [0.717, 1.165) is 18.6 Å². The van der Waals surface area contributed by atoms with Crippen LogP contribution >= 0.6 is 11.8 Å². The summed E-state index contributed by atoms with van der Waals surface area (Å²) in [6.45, 7) is 5.27. The van der Waals surface area contributed by atoms with E-state index in [1.165, 1.54) is 5.56 Å². The molecule has 1 N–H and O–H groups in total. The third-order valence-corrected chi connectivity index (χ3v) is 5.32. The van der Waals surface area contributed by atoms with Crippen LogP contribution in [-0.4, -0.2) is 41.3 Å². The zero-order valence-electron chi connectivity index (χ0n) is 16.1. The minimum atomic E-state index is -0.0350. The number of carbonyl (C=O) groups excluding carboxylic acids is 2. The molecule has 0 aliphatic carbocycles. The van der Waals surface area contributed by atoms with Gasteiger partial charge in [0.15, 0.2) is 0 Å². The lowest BCUT2D eigenvalue weighted by atomic mass is 10.1. The molecule has 0 radical (unpaired) electrons. The summed E-state index contributed by atoms with van der Waals surface area (Å²) in [6.07, 6.45) is 2.08. The third kappa shape index (κ3) is 7.10. The van der Waals surface area contributed by atoms with Crippen molar-refractivity contribution in [2.45, 2.75) is 26.7 Å². The van der Waals surface area contributed by atoms with E-state index in [9.17, 15) is 9.59 Å². The standard InChI is InChI=1S/C22H28N2O2S/c1-3-24(4-2)22(26)19-13-8-14-20(16-19)23-21(25)17-27-15-9-12-18-10-6-5-7-11-18/h5-8,10-11,13-14,16H,3-4,9,12,15,17H2,1-2H3,(H,23,25). The molecule has 0 aromatic heterocycles. The van der Waals surface area contributed by atoms with E-state index in [2.05, 4.69) is 29.6 Å². The number of carbonyl (C=O) groups is 2. The summed E-state index contributed by atoms with van der Waals surface area (Å²) in [5, 5.41) is 2.89.